The smallest absolute Gasteiger partial charge is 0.323 e. The highest BCUT2D eigenvalue weighted by Crippen LogP contribution is 2.38. The number of piperidine rings is 1. The van der Waals surface area contributed by atoms with E-state index in [-0.39, 0.29) is 17.7 Å². The van der Waals surface area contributed by atoms with Gasteiger partial charge < -0.3 is 14.7 Å². The van der Waals surface area contributed by atoms with Gasteiger partial charge in [-0.25, -0.2) is 9.18 Å². The van der Waals surface area contributed by atoms with Crippen LogP contribution in [0.1, 0.15) is 46.7 Å². The van der Waals surface area contributed by atoms with Crippen molar-refractivity contribution in [1.82, 2.24) is 14.7 Å². The largest absolute Gasteiger partial charge is 0.416 e. The number of urea groups is 1. The van der Waals surface area contributed by atoms with Gasteiger partial charge in [0, 0.05) is 26.2 Å². The summed E-state index contributed by atoms with van der Waals surface area (Å²) in [6, 6.07) is 4.74. The number of amides is 2. The van der Waals surface area contributed by atoms with Crippen molar-refractivity contribution in [1.29, 1.82) is 0 Å². The van der Waals surface area contributed by atoms with E-state index in [4.69, 9.17) is 0 Å². The molecule has 0 aliphatic carbocycles. The van der Waals surface area contributed by atoms with Gasteiger partial charge >= 0.3 is 18.4 Å². The predicted octanol–water partition coefficient (Wildman–Crippen LogP) is 6.49. The van der Waals surface area contributed by atoms with Crippen LogP contribution in [0.25, 0.3) is 0 Å². The van der Waals surface area contributed by atoms with Gasteiger partial charge in [0.15, 0.2) is 0 Å². The second kappa shape index (κ2) is 10.3. The molecule has 36 heavy (non-hydrogen) atoms. The lowest BCUT2D eigenvalue weighted by Gasteiger charge is -2.43. The van der Waals surface area contributed by atoms with Crippen molar-refractivity contribution in [3.05, 3.63) is 70.0 Å². The third kappa shape index (κ3) is 6.29. The predicted molar refractivity (Wildman–Crippen MR) is 121 cm³/mol. The molecule has 3 rings (SSSR count). The molecule has 11 heteroatoms. The highest BCUT2D eigenvalue weighted by Gasteiger charge is 2.38. The molecule has 0 radical (unpaired) electrons. The Morgan fingerprint density at radius 1 is 0.972 bits per heavy atom. The van der Waals surface area contributed by atoms with Gasteiger partial charge in [0.1, 0.15) is 5.82 Å². The summed E-state index contributed by atoms with van der Waals surface area (Å²) in [6.45, 7) is 1.60. The van der Waals surface area contributed by atoms with Crippen molar-refractivity contribution in [3.8, 4) is 0 Å². The SMILES string of the molecule is Cc1cc(F)ccc1C1CC(N(C)C)CCN1C(=O)N(C)Cc1cc(C(F)(F)F)cc(C(F)(F)F)c1. The second-order valence-corrected chi connectivity index (χ2v) is 9.40. The quantitative estimate of drug-likeness (QED) is 0.432. The Morgan fingerprint density at radius 2 is 1.56 bits per heavy atom. The van der Waals surface area contributed by atoms with Crippen molar-refractivity contribution in [2.45, 2.75) is 50.7 Å². The summed E-state index contributed by atoms with van der Waals surface area (Å²) >= 11 is 0. The van der Waals surface area contributed by atoms with Gasteiger partial charge in [-0.05, 0) is 80.9 Å². The molecule has 1 saturated heterocycles. The third-order valence-electron chi connectivity index (χ3n) is 6.54. The number of hydrogen-bond acceptors (Lipinski definition) is 2. The molecule has 1 aliphatic heterocycles. The monoisotopic (exact) mass is 519 g/mol. The highest BCUT2D eigenvalue weighted by atomic mass is 19.4. The van der Waals surface area contributed by atoms with E-state index in [0.717, 1.165) is 10.5 Å². The minimum absolute atomic E-state index is 0.0602. The van der Waals surface area contributed by atoms with Crippen LogP contribution in [0, 0.1) is 12.7 Å². The zero-order chi connectivity index (χ0) is 27.0. The number of carbonyl (C=O) groups is 1. The average Bonchev–Trinajstić information content (AvgIpc) is 2.76. The first-order valence-electron chi connectivity index (χ1n) is 11.3. The number of carbonyl (C=O) groups excluding carboxylic acids is 1. The van der Waals surface area contributed by atoms with E-state index in [1.807, 2.05) is 19.0 Å². The molecule has 2 aromatic carbocycles. The maximum absolute atomic E-state index is 13.7. The van der Waals surface area contributed by atoms with E-state index in [9.17, 15) is 35.5 Å². The first kappa shape index (κ1) is 27.8. The Morgan fingerprint density at radius 3 is 2.06 bits per heavy atom. The zero-order valence-electron chi connectivity index (χ0n) is 20.3. The van der Waals surface area contributed by atoms with Crippen molar-refractivity contribution in [3.63, 3.8) is 0 Å². The molecule has 2 amide bonds. The number of halogens is 7. The zero-order valence-corrected chi connectivity index (χ0v) is 20.3. The Kier molecular flexibility index (Phi) is 7.92. The van der Waals surface area contributed by atoms with Crippen LogP contribution in [0.3, 0.4) is 0 Å². The number of likely N-dealkylation sites (tertiary alicyclic amines) is 1. The average molecular weight is 520 g/mol. The summed E-state index contributed by atoms with van der Waals surface area (Å²) in [6.07, 6.45) is -8.78. The molecule has 198 valence electrons. The Labute approximate surface area is 205 Å². The normalized spacial score (nSPS) is 19.1. The summed E-state index contributed by atoms with van der Waals surface area (Å²) in [5.41, 5.74) is -1.76. The number of aryl methyl sites for hydroxylation is 1. The van der Waals surface area contributed by atoms with Gasteiger partial charge in [0.05, 0.1) is 17.2 Å². The molecule has 0 saturated carbocycles. The summed E-state index contributed by atoms with van der Waals surface area (Å²) in [7, 11) is 5.16. The maximum Gasteiger partial charge on any atom is 0.416 e. The maximum atomic E-state index is 13.7. The van der Waals surface area contributed by atoms with E-state index >= 15 is 0 Å². The lowest BCUT2D eigenvalue weighted by Crippen LogP contribution is -2.50. The highest BCUT2D eigenvalue weighted by molar-refractivity contribution is 5.75. The standard InChI is InChI=1S/C25H28F7N3O/c1-15-9-19(26)5-6-21(15)22-13-20(33(2)3)7-8-35(22)23(36)34(4)14-16-10-17(24(27,28)29)12-18(11-16)25(30,31)32/h5-6,9-12,20,22H,7-8,13-14H2,1-4H3. The summed E-state index contributed by atoms with van der Waals surface area (Å²) < 4.78 is 93.2. The topological polar surface area (TPSA) is 26.8 Å². The van der Waals surface area contributed by atoms with Crippen LogP contribution in [-0.2, 0) is 18.9 Å². The fraction of sp³-hybridized carbons (Fsp3) is 0.480. The Balaban J connectivity index is 1.91. The van der Waals surface area contributed by atoms with E-state index in [0.29, 0.717) is 37.1 Å². The fourth-order valence-corrected chi connectivity index (χ4v) is 4.62. The third-order valence-corrected chi connectivity index (χ3v) is 6.54. The Hall–Kier alpha value is -2.82. The van der Waals surface area contributed by atoms with Gasteiger partial charge in [-0.15, -0.1) is 0 Å². The minimum Gasteiger partial charge on any atom is -0.323 e. The number of alkyl halides is 6. The molecule has 4 nitrogen and oxygen atoms in total. The molecule has 2 atom stereocenters. The molecule has 2 unspecified atom stereocenters. The van der Waals surface area contributed by atoms with Gasteiger partial charge in [-0.3, -0.25) is 0 Å². The number of nitrogens with zero attached hydrogens (tertiary/aromatic N) is 3. The molecular formula is C25H28F7N3O. The molecule has 0 aromatic heterocycles. The van der Waals surface area contributed by atoms with E-state index in [1.54, 1.807) is 17.9 Å². The fourth-order valence-electron chi connectivity index (χ4n) is 4.62. The van der Waals surface area contributed by atoms with Gasteiger partial charge in [-0.1, -0.05) is 6.07 Å². The minimum atomic E-state index is -4.97. The number of benzene rings is 2. The molecule has 0 spiro atoms. The van der Waals surface area contributed by atoms with Crippen LogP contribution < -0.4 is 0 Å². The van der Waals surface area contributed by atoms with Crippen LogP contribution in [0.4, 0.5) is 35.5 Å². The molecule has 1 fully saturated rings. The van der Waals surface area contributed by atoms with Crippen molar-refractivity contribution in [2.75, 3.05) is 27.7 Å². The van der Waals surface area contributed by atoms with Crippen molar-refractivity contribution >= 4 is 6.03 Å². The van der Waals surface area contributed by atoms with Crippen LogP contribution in [0.5, 0.6) is 0 Å². The first-order chi connectivity index (χ1) is 16.6. The van der Waals surface area contributed by atoms with E-state index < -0.39 is 47.9 Å². The van der Waals surface area contributed by atoms with E-state index in [2.05, 4.69) is 0 Å². The molecule has 1 aliphatic rings. The van der Waals surface area contributed by atoms with Crippen LogP contribution >= 0.6 is 0 Å². The molecule has 0 N–H and O–H groups in total. The molecule has 1 heterocycles. The molecular weight excluding hydrogens is 491 g/mol. The lowest BCUT2D eigenvalue weighted by molar-refractivity contribution is -0.143. The summed E-state index contributed by atoms with van der Waals surface area (Å²) in [5.74, 6) is -0.420. The Bertz CT molecular complexity index is 1070. The first-order valence-corrected chi connectivity index (χ1v) is 11.3. The summed E-state index contributed by atoms with van der Waals surface area (Å²) in [4.78, 5) is 18.1. The van der Waals surface area contributed by atoms with Crippen LogP contribution in [-0.4, -0.2) is 54.5 Å². The second-order valence-electron chi connectivity index (χ2n) is 9.40. The number of rotatable bonds is 4. The molecule has 0 bridgehead atoms. The van der Waals surface area contributed by atoms with Crippen LogP contribution in [0.15, 0.2) is 36.4 Å². The van der Waals surface area contributed by atoms with Gasteiger partial charge in [0.25, 0.3) is 0 Å². The van der Waals surface area contributed by atoms with Crippen LogP contribution in [0.2, 0.25) is 0 Å². The van der Waals surface area contributed by atoms with Gasteiger partial charge in [0.2, 0.25) is 0 Å². The van der Waals surface area contributed by atoms with Gasteiger partial charge in [-0.2, -0.15) is 26.3 Å². The lowest BCUT2D eigenvalue weighted by atomic mass is 9.89. The van der Waals surface area contributed by atoms with Crippen molar-refractivity contribution in [2.24, 2.45) is 0 Å². The van der Waals surface area contributed by atoms with E-state index in [1.165, 1.54) is 19.2 Å². The summed E-state index contributed by atoms with van der Waals surface area (Å²) in [5, 5.41) is 0. The number of hydrogen-bond donors (Lipinski definition) is 0. The van der Waals surface area contributed by atoms with Crippen molar-refractivity contribution < 1.29 is 35.5 Å². The molecule has 2 aromatic rings.